The number of hydrogen-bond donors (Lipinski definition) is 0. The molecule has 0 unspecified atom stereocenters. The fraction of sp³-hybridized carbons (Fsp3) is 0.385. The summed E-state index contributed by atoms with van der Waals surface area (Å²) in [5.74, 6) is -0.591. The first-order valence-corrected chi connectivity index (χ1v) is 5.62. The molecule has 1 aromatic rings. The monoisotopic (exact) mass is 269 g/mol. The van der Waals surface area contributed by atoms with Crippen LogP contribution in [-0.4, -0.2) is 19.2 Å². The first-order valence-electron chi connectivity index (χ1n) is 5.62. The molecule has 0 radical (unpaired) electrons. The fourth-order valence-corrected chi connectivity index (χ4v) is 1.56. The number of nitriles is 1. The Morgan fingerprint density at radius 2 is 2.16 bits per heavy atom. The molecule has 0 atom stereocenters. The van der Waals surface area contributed by atoms with Gasteiger partial charge in [0, 0.05) is 5.56 Å². The van der Waals surface area contributed by atoms with Gasteiger partial charge in [0.2, 0.25) is 0 Å². The number of carbonyl (C=O) groups excluding carboxylic acids is 1. The van der Waals surface area contributed by atoms with Crippen LogP contribution in [0.2, 0.25) is 0 Å². The van der Waals surface area contributed by atoms with Crippen LogP contribution in [0.4, 0.5) is 8.78 Å². The maximum atomic E-state index is 12.3. The average molecular weight is 269 g/mol. The van der Waals surface area contributed by atoms with Crippen LogP contribution >= 0.6 is 0 Å². The zero-order valence-corrected chi connectivity index (χ0v) is 10.6. The van der Waals surface area contributed by atoms with Crippen LogP contribution < -0.4 is 4.74 Å². The second-order valence-electron chi connectivity index (χ2n) is 3.74. The van der Waals surface area contributed by atoms with E-state index in [9.17, 15) is 13.6 Å². The summed E-state index contributed by atoms with van der Waals surface area (Å²) in [4.78, 5) is 11.3. The van der Waals surface area contributed by atoms with E-state index in [1.165, 1.54) is 19.1 Å². The van der Waals surface area contributed by atoms with E-state index in [4.69, 9.17) is 10.00 Å². The molecular formula is C13H13F2NO3. The van der Waals surface area contributed by atoms with E-state index in [1.54, 1.807) is 6.92 Å². The van der Waals surface area contributed by atoms with Crippen molar-refractivity contribution in [1.29, 1.82) is 5.26 Å². The molecule has 0 aromatic heterocycles. The van der Waals surface area contributed by atoms with Gasteiger partial charge >= 0.3 is 12.6 Å². The lowest BCUT2D eigenvalue weighted by atomic mass is 10.0. The number of halogens is 2. The summed E-state index contributed by atoms with van der Waals surface area (Å²) < 4.78 is 33.6. The molecule has 4 nitrogen and oxygen atoms in total. The van der Waals surface area contributed by atoms with Crippen LogP contribution in [0.5, 0.6) is 5.75 Å². The molecule has 0 heterocycles. The van der Waals surface area contributed by atoms with E-state index in [0.717, 1.165) is 0 Å². The van der Waals surface area contributed by atoms with Gasteiger partial charge in [-0.3, -0.25) is 4.79 Å². The van der Waals surface area contributed by atoms with Crippen molar-refractivity contribution in [3.05, 3.63) is 28.8 Å². The van der Waals surface area contributed by atoms with E-state index >= 15 is 0 Å². The molecule has 0 spiro atoms. The lowest BCUT2D eigenvalue weighted by molar-refractivity contribution is -0.142. The van der Waals surface area contributed by atoms with Crippen LogP contribution in [0.3, 0.4) is 0 Å². The predicted octanol–water partition coefficient (Wildman–Crippen LogP) is 2.57. The Hall–Kier alpha value is -2.16. The number of esters is 1. The van der Waals surface area contributed by atoms with Crippen molar-refractivity contribution in [2.24, 2.45) is 0 Å². The van der Waals surface area contributed by atoms with Gasteiger partial charge in [-0.25, -0.2) is 0 Å². The van der Waals surface area contributed by atoms with Crippen LogP contribution in [0.1, 0.15) is 23.6 Å². The number of rotatable bonds is 5. The third-order valence-corrected chi connectivity index (χ3v) is 2.41. The fourth-order valence-electron chi connectivity index (χ4n) is 1.56. The number of hydrogen-bond acceptors (Lipinski definition) is 4. The van der Waals surface area contributed by atoms with Gasteiger partial charge in [0.25, 0.3) is 0 Å². The standard InChI is InChI=1S/C13H13F2NO3/c1-3-18-12(17)6-9-4-10(7-16)8(2)11(5-9)19-13(14)15/h4-5,13H,3,6H2,1-2H3. The van der Waals surface area contributed by atoms with Gasteiger partial charge in [-0.2, -0.15) is 14.0 Å². The molecule has 1 aromatic carbocycles. The van der Waals surface area contributed by atoms with Gasteiger partial charge in [0.1, 0.15) is 5.75 Å². The quantitative estimate of drug-likeness (QED) is 0.771. The highest BCUT2D eigenvalue weighted by molar-refractivity contribution is 5.73. The first-order chi connectivity index (χ1) is 8.97. The first kappa shape index (κ1) is 14.9. The molecule has 0 aliphatic heterocycles. The van der Waals surface area contributed by atoms with Crippen LogP contribution in [0.15, 0.2) is 12.1 Å². The average Bonchev–Trinajstić information content (AvgIpc) is 2.32. The summed E-state index contributed by atoms with van der Waals surface area (Å²) in [6.07, 6.45) is -0.0948. The molecule has 6 heteroatoms. The third kappa shape index (κ3) is 4.21. The van der Waals surface area contributed by atoms with Gasteiger partial charge in [-0.15, -0.1) is 0 Å². The molecule has 0 fully saturated rings. The van der Waals surface area contributed by atoms with E-state index in [0.29, 0.717) is 11.1 Å². The highest BCUT2D eigenvalue weighted by Gasteiger charge is 2.14. The van der Waals surface area contributed by atoms with Crippen molar-refractivity contribution < 1.29 is 23.0 Å². The molecular weight excluding hydrogens is 256 g/mol. The minimum atomic E-state index is -2.98. The molecule has 0 amide bonds. The van der Waals surface area contributed by atoms with E-state index in [2.05, 4.69) is 4.74 Å². The maximum Gasteiger partial charge on any atom is 0.387 e. The van der Waals surface area contributed by atoms with Crippen LogP contribution in [0, 0.1) is 18.3 Å². The molecule has 0 saturated carbocycles. The number of ether oxygens (including phenoxy) is 2. The number of alkyl halides is 2. The Kier molecular flexibility index (Phi) is 5.24. The predicted molar refractivity (Wildman–Crippen MR) is 62.9 cm³/mol. The van der Waals surface area contributed by atoms with Crippen molar-refractivity contribution in [2.75, 3.05) is 6.61 Å². The van der Waals surface area contributed by atoms with Crippen molar-refractivity contribution >= 4 is 5.97 Å². The van der Waals surface area contributed by atoms with Gasteiger partial charge in [-0.1, -0.05) is 0 Å². The van der Waals surface area contributed by atoms with Crippen molar-refractivity contribution in [3.63, 3.8) is 0 Å². The Labute approximate surface area is 109 Å². The largest absolute Gasteiger partial charge is 0.466 e. The normalized spacial score (nSPS) is 10.1. The Balaban J connectivity index is 3.06. The summed E-state index contributed by atoms with van der Waals surface area (Å²) in [6, 6.07) is 4.66. The van der Waals surface area contributed by atoms with E-state index in [-0.39, 0.29) is 24.3 Å². The third-order valence-electron chi connectivity index (χ3n) is 2.41. The minimum absolute atomic E-state index is 0.0948. The Morgan fingerprint density at radius 3 is 2.68 bits per heavy atom. The zero-order chi connectivity index (χ0) is 14.4. The molecule has 102 valence electrons. The maximum absolute atomic E-state index is 12.3. The number of carbonyl (C=O) groups is 1. The van der Waals surface area contributed by atoms with Gasteiger partial charge in [-0.05, 0) is 31.5 Å². The van der Waals surface area contributed by atoms with Gasteiger partial charge < -0.3 is 9.47 Å². The zero-order valence-electron chi connectivity index (χ0n) is 10.6. The van der Waals surface area contributed by atoms with E-state index in [1.807, 2.05) is 6.07 Å². The lowest BCUT2D eigenvalue weighted by Crippen LogP contribution is -2.09. The molecule has 0 aliphatic carbocycles. The second-order valence-corrected chi connectivity index (χ2v) is 3.74. The Bertz CT molecular complexity index is 509. The molecule has 0 aliphatic rings. The summed E-state index contributed by atoms with van der Waals surface area (Å²) in [5, 5.41) is 8.93. The molecule has 0 saturated heterocycles. The minimum Gasteiger partial charge on any atom is -0.466 e. The summed E-state index contributed by atoms with van der Waals surface area (Å²) in [6.45, 7) is 0.419. The molecule has 1 rings (SSSR count). The number of benzene rings is 1. The molecule has 0 bridgehead atoms. The highest BCUT2D eigenvalue weighted by atomic mass is 19.3. The molecule has 19 heavy (non-hydrogen) atoms. The Morgan fingerprint density at radius 1 is 1.47 bits per heavy atom. The molecule has 0 N–H and O–H groups in total. The SMILES string of the molecule is CCOC(=O)Cc1cc(C#N)c(C)c(OC(F)F)c1. The van der Waals surface area contributed by atoms with Crippen molar-refractivity contribution in [1.82, 2.24) is 0 Å². The van der Waals surface area contributed by atoms with Crippen molar-refractivity contribution in [2.45, 2.75) is 26.9 Å². The van der Waals surface area contributed by atoms with Gasteiger partial charge in [0.15, 0.2) is 0 Å². The summed E-state index contributed by atoms with van der Waals surface area (Å²) in [7, 11) is 0. The number of nitrogens with zero attached hydrogens (tertiary/aromatic N) is 1. The van der Waals surface area contributed by atoms with Crippen LogP contribution in [0.25, 0.3) is 0 Å². The lowest BCUT2D eigenvalue weighted by Gasteiger charge is -2.11. The topological polar surface area (TPSA) is 59.3 Å². The van der Waals surface area contributed by atoms with Crippen LogP contribution in [-0.2, 0) is 16.0 Å². The van der Waals surface area contributed by atoms with Gasteiger partial charge in [0.05, 0.1) is 24.7 Å². The smallest absolute Gasteiger partial charge is 0.387 e. The van der Waals surface area contributed by atoms with E-state index < -0.39 is 12.6 Å². The van der Waals surface area contributed by atoms with Crippen molar-refractivity contribution in [3.8, 4) is 11.8 Å². The highest BCUT2D eigenvalue weighted by Crippen LogP contribution is 2.25. The second kappa shape index (κ2) is 6.69. The summed E-state index contributed by atoms with van der Waals surface area (Å²) >= 11 is 0. The summed E-state index contributed by atoms with van der Waals surface area (Å²) in [5.41, 5.74) is 0.907.